The minimum absolute atomic E-state index is 0. The molecule has 2 aromatic carbocycles. The van der Waals surface area contributed by atoms with Crippen LogP contribution < -0.4 is 29.2 Å². The molecule has 278 valence electrons. The maximum absolute atomic E-state index is 11.2. The Morgan fingerprint density at radius 3 is 0.688 bits per heavy atom. The van der Waals surface area contributed by atoms with Crippen LogP contribution in [0.5, 0.6) is 34.5 Å². The molecule has 0 aromatic heterocycles. The summed E-state index contributed by atoms with van der Waals surface area (Å²) in [7, 11) is 5.82. The molecule has 2 aromatic rings. The van der Waals surface area contributed by atoms with Crippen molar-refractivity contribution in [2.75, 3.05) is 28.4 Å². The topological polar surface area (TPSA) is 461 Å². The van der Waals surface area contributed by atoms with Gasteiger partial charge in [-0.3, -0.25) is 0 Å². The number of nitrogens with zero attached hydrogens (tertiary/aromatic N) is 6. The van der Waals surface area contributed by atoms with Crippen molar-refractivity contribution in [3.05, 3.63) is 97.7 Å². The van der Waals surface area contributed by atoms with Crippen molar-refractivity contribution in [1.82, 2.24) is 0 Å². The molecule has 26 nitrogen and oxygen atoms in total. The third-order valence-electron chi connectivity index (χ3n) is 2.77. The molecule has 0 fully saturated rings. The number of para-hydroxylation sites is 2. The van der Waals surface area contributed by atoms with Gasteiger partial charge in [-0.05, 0) is 35.8 Å². The van der Waals surface area contributed by atoms with Gasteiger partial charge >= 0.3 is 76.3 Å². The van der Waals surface area contributed by atoms with Crippen molar-refractivity contribution in [3.8, 4) is 46.6 Å². The molecule has 0 aliphatic heterocycles. The minimum Gasteiger partial charge on any atom is -0.867 e. The van der Waals surface area contributed by atoms with Gasteiger partial charge in [0.1, 0.15) is 23.0 Å². The van der Waals surface area contributed by atoms with Crippen molar-refractivity contribution >= 4 is 0 Å². The van der Waals surface area contributed by atoms with E-state index in [4.69, 9.17) is 90.8 Å². The molecule has 0 saturated heterocycles. The molecule has 0 unspecified atom stereocenters. The van der Waals surface area contributed by atoms with Crippen LogP contribution >= 0.6 is 0 Å². The Bertz CT molecular complexity index is 994. The third kappa shape index (κ3) is 68.6. The van der Waals surface area contributed by atoms with Gasteiger partial charge in [0.25, 0.3) is 0 Å². The van der Waals surface area contributed by atoms with Crippen LogP contribution in [-0.4, -0.2) is 48.8 Å². The first-order valence-corrected chi connectivity index (χ1v) is 9.98. The molecule has 0 aliphatic carbocycles. The Morgan fingerprint density at radius 2 is 0.604 bits per heavy atom. The summed E-state index contributed by atoms with van der Waals surface area (Å²) in [6.07, 6.45) is 0. The molecule has 0 heterocycles. The summed E-state index contributed by atoms with van der Waals surface area (Å²) in [6, 6.07) is 13.3. The second kappa shape index (κ2) is 52.0. The van der Waals surface area contributed by atoms with Crippen molar-refractivity contribution in [2.45, 2.75) is 13.8 Å². The minimum atomic E-state index is -1.75. The maximum atomic E-state index is 11.2. The second-order valence-electron chi connectivity index (χ2n) is 5.32. The molecule has 0 atom stereocenters. The average Bonchev–Trinajstić information content (AvgIpc) is 2.89. The molecule has 48 heavy (non-hydrogen) atoms. The summed E-state index contributed by atoms with van der Waals surface area (Å²) in [4.78, 5) is 33.0. The molecule has 6 N–H and O–H groups in total. The molecule has 0 spiro atoms. The third-order valence-corrected chi connectivity index (χ3v) is 2.77. The quantitative estimate of drug-likeness (QED) is 0.218. The number of hydrogen-bond donors (Lipinski definition) is 0. The van der Waals surface area contributed by atoms with Crippen LogP contribution in [-0.2, 0) is 11.0 Å². The number of ether oxygens (including phenoxy) is 4. The van der Waals surface area contributed by atoms with Crippen LogP contribution in [0.2, 0.25) is 0 Å². The van der Waals surface area contributed by atoms with Gasteiger partial charge in [-0.15, -0.1) is 0 Å². The molecule has 0 aliphatic rings. The van der Waals surface area contributed by atoms with E-state index >= 15 is 0 Å². The maximum Gasteiger partial charge on any atom is 3.00 e. The predicted octanol–water partition coefficient (Wildman–Crippen LogP) is -0.186. The zero-order valence-corrected chi connectivity index (χ0v) is 29.3. The molecular formula is C20H30Dy2N6O20+2. The molecule has 0 bridgehead atoms. The van der Waals surface area contributed by atoms with E-state index in [1.54, 1.807) is 48.5 Å². The van der Waals surface area contributed by atoms with Crippen LogP contribution in [0.4, 0.5) is 0 Å². The fraction of sp³-hybridized carbons (Fsp3) is 0.300. The summed E-state index contributed by atoms with van der Waals surface area (Å²) in [6.45, 7) is 2.86. The van der Waals surface area contributed by atoms with Crippen LogP contribution in [0.3, 0.4) is 0 Å². The normalized spacial score (nSPS) is 6.58. The summed E-state index contributed by atoms with van der Waals surface area (Å²) in [5, 5.41) is 96.0. The number of nitriles is 2. The predicted molar refractivity (Wildman–Crippen MR) is 152 cm³/mol. The van der Waals surface area contributed by atoms with E-state index in [2.05, 4.69) is 0 Å². The fourth-order valence-corrected chi connectivity index (χ4v) is 1.63. The number of methoxy groups -OCH3 is 4. The van der Waals surface area contributed by atoms with Crippen LogP contribution in [0.15, 0.2) is 36.4 Å². The molecule has 28 heteroatoms. The van der Waals surface area contributed by atoms with Gasteiger partial charge < -0.3 is 101 Å². The first kappa shape index (κ1) is 70.0. The standard InChI is InChI=1S/2C8H10O3.2C2H3N.2Dy.4NO3.2H2O/c2*1-10-6-4-3-5-7(11-2)8(6)9;2*1-2-3;;;4*2-1(3)4;;/h2*3-5,9H,1-2H3;2*1H3;;;;;;;2*1H2/q;;;;2*+3;4*-1;;. The Balaban J connectivity index is -0.0000000454. The monoisotopic (exact) mass is 1000 g/mol. The van der Waals surface area contributed by atoms with E-state index in [1.165, 1.54) is 42.3 Å². The van der Waals surface area contributed by atoms with Gasteiger partial charge in [0, 0.05) is 13.8 Å². The van der Waals surface area contributed by atoms with E-state index in [-0.39, 0.29) is 98.8 Å². The summed E-state index contributed by atoms with van der Waals surface area (Å²) in [5.74, 6) is 0.817. The molecule has 2 radical (unpaired) electrons. The van der Waals surface area contributed by atoms with Crippen molar-refractivity contribution in [3.63, 3.8) is 0 Å². The first-order chi connectivity index (χ1) is 20.3. The molecule has 0 saturated carbocycles. The van der Waals surface area contributed by atoms with E-state index in [1.807, 2.05) is 0 Å². The second-order valence-corrected chi connectivity index (χ2v) is 5.32. The average molecular weight is 999 g/mol. The van der Waals surface area contributed by atoms with Gasteiger partial charge in [-0.2, -0.15) is 10.5 Å². The number of hydrogen-bond acceptors (Lipinski definition) is 20. The molecule has 2 rings (SSSR count). The smallest absolute Gasteiger partial charge is 0.867 e. The molecular weight excluding hydrogens is 969 g/mol. The van der Waals surface area contributed by atoms with Crippen molar-refractivity contribution < 1.29 is 137 Å². The van der Waals surface area contributed by atoms with Gasteiger partial charge in [0.05, 0.1) is 60.9 Å². The van der Waals surface area contributed by atoms with Crippen LogP contribution in [0.1, 0.15) is 13.8 Å². The van der Waals surface area contributed by atoms with Crippen LogP contribution in [0.25, 0.3) is 0 Å². The Morgan fingerprint density at radius 1 is 0.500 bits per heavy atom. The van der Waals surface area contributed by atoms with E-state index in [9.17, 15) is 10.2 Å². The van der Waals surface area contributed by atoms with E-state index in [0.717, 1.165) is 0 Å². The van der Waals surface area contributed by atoms with Gasteiger partial charge in [0.2, 0.25) is 0 Å². The summed E-state index contributed by atoms with van der Waals surface area (Å²) >= 11 is 0. The Hall–Kier alpha value is -4.51. The fourth-order valence-electron chi connectivity index (χ4n) is 1.63. The van der Waals surface area contributed by atoms with E-state index < -0.39 is 20.3 Å². The number of rotatable bonds is 4. The Kier molecular flexibility index (Phi) is 75.9. The van der Waals surface area contributed by atoms with Gasteiger partial charge in [-0.1, -0.05) is 12.1 Å². The summed E-state index contributed by atoms with van der Waals surface area (Å²) in [5.41, 5.74) is 0. The summed E-state index contributed by atoms with van der Waals surface area (Å²) < 4.78 is 19.2. The SMILES string of the molecule is CC#N.CC#N.COc1cccc(OC)c1[O-].COc1cccc(OC)c1[O-].O=[N+]([O-])[O-].O=[N+]([O-])[O-].O=[N+]([O-])[O-].O=[N+]([O-])[O-].[Dy+3].[Dy+3].[OH3+].[OH3+]. The van der Waals surface area contributed by atoms with Crippen molar-refractivity contribution in [1.29, 1.82) is 10.5 Å². The van der Waals surface area contributed by atoms with E-state index in [0.29, 0.717) is 23.0 Å². The largest absolute Gasteiger partial charge is 3.00 e. The number of benzene rings is 2. The van der Waals surface area contributed by atoms with Gasteiger partial charge in [-0.25, -0.2) is 0 Å². The van der Waals surface area contributed by atoms with Gasteiger partial charge in [0.15, 0.2) is 0 Å². The molecule has 0 amide bonds. The van der Waals surface area contributed by atoms with Crippen LogP contribution in [0, 0.1) is 160 Å². The zero-order chi connectivity index (χ0) is 36.3. The zero-order valence-electron chi connectivity index (χ0n) is 25.3. The Labute approximate surface area is 331 Å². The first-order valence-electron chi connectivity index (χ1n) is 9.98. The van der Waals surface area contributed by atoms with Crippen molar-refractivity contribution in [2.24, 2.45) is 0 Å².